The van der Waals surface area contributed by atoms with Gasteiger partial charge < -0.3 is 0 Å². The lowest BCUT2D eigenvalue weighted by molar-refractivity contribution is 0.420. The predicted molar refractivity (Wildman–Crippen MR) is 166 cm³/mol. The third-order valence-electron chi connectivity index (χ3n) is 7.82. The minimum Gasteiger partial charge on any atom is -0.0683 e. The molecule has 6 rings (SSSR count). The molecule has 0 aromatic heterocycles. The first-order chi connectivity index (χ1) is 18.7. The van der Waals surface area contributed by atoms with E-state index in [-0.39, 0.29) is 0 Å². The van der Waals surface area contributed by atoms with Crippen LogP contribution in [0.25, 0.3) is 44.5 Å². The summed E-state index contributed by atoms with van der Waals surface area (Å²) in [7, 11) is 0. The van der Waals surface area contributed by atoms with E-state index in [1.165, 1.54) is 80.5 Å². The molecular weight excluding hydrogens is 456 g/mol. The van der Waals surface area contributed by atoms with Crippen molar-refractivity contribution in [2.45, 2.75) is 52.9 Å². The van der Waals surface area contributed by atoms with Gasteiger partial charge in [0.15, 0.2) is 0 Å². The fourth-order valence-corrected chi connectivity index (χ4v) is 5.42. The molecule has 0 N–H and O–H groups in total. The zero-order chi connectivity index (χ0) is 26.5. The van der Waals surface area contributed by atoms with Gasteiger partial charge in [0, 0.05) is 0 Å². The maximum atomic E-state index is 2.45. The molecule has 0 spiro atoms. The first-order valence-electron chi connectivity index (χ1n) is 14.1. The van der Waals surface area contributed by atoms with Crippen LogP contribution in [0.4, 0.5) is 0 Å². The van der Waals surface area contributed by atoms with Crippen LogP contribution in [0.2, 0.25) is 0 Å². The number of hydrogen-bond acceptors (Lipinski definition) is 0. The van der Waals surface area contributed by atoms with Crippen LogP contribution in [0.1, 0.15) is 55.7 Å². The van der Waals surface area contributed by atoms with Gasteiger partial charge in [-0.15, -0.1) is 0 Å². The average molecular weight is 495 g/mol. The van der Waals surface area contributed by atoms with Crippen LogP contribution in [0.5, 0.6) is 0 Å². The number of hydrogen-bond donors (Lipinski definition) is 0. The van der Waals surface area contributed by atoms with E-state index in [4.69, 9.17) is 0 Å². The first kappa shape index (κ1) is 25.7. The second-order valence-corrected chi connectivity index (χ2v) is 10.3. The standard InChI is InChI=1S/C36H32.C2H6/c1-25-11-13-28(14-12-25)29-15-17-30(18-16-29)32-19-21-34(26(2)23-32)35-22-20-33(27-7-4-3-5-8-27)24-36(35)31-9-6-10-31;1-2/h3-5,7-8,11-24,31H,6,9-10H2,1-2H3;1-2H3. The summed E-state index contributed by atoms with van der Waals surface area (Å²) < 4.78 is 0. The lowest BCUT2D eigenvalue weighted by Gasteiger charge is -2.29. The van der Waals surface area contributed by atoms with Gasteiger partial charge in [0.2, 0.25) is 0 Å². The van der Waals surface area contributed by atoms with Crippen molar-refractivity contribution in [3.63, 3.8) is 0 Å². The maximum absolute atomic E-state index is 2.45. The third kappa shape index (κ3) is 5.36. The molecule has 0 amide bonds. The fourth-order valence-electron chi connectivity index (χ4n) is 5.42. The normalized spacial score (nSPS) is 12.8. The number of rotatable bonds is 5. The molecule has 38 heavy (non-hydrogen) atoms. The third-order valence-corrected chi connectivity index (χ3v) is 7.82. The van der Waals surface area contributed by atoms with Gasteiger partial charge in [0.1, 0.15) is 0 Å². The van der Waals surface area contributed by atoms with Crippen molar-refractivity contribution in [1.29, 1.82) is 0 Å². The lowest BCUT2D eigenvalue weighted by atomic mass is 9.76. The van der Waals surface area contributed by atoms with Crippen molar-refractivity contribution in [3.8, 4) is 44.5 Å². The summed E-state index contributed by atoms with van der Waals surface area (Å²) in [6.07, 6.45) is 3.95. The van der Waals surface area contributed by atoms with Crippen LogP contribution < -0.4 is 0 Å². The molecule has 0 atom stereocenters. The monoisotopic (exact) mass is 494 g/mol. The van der Waals surface area contributed by atoms with Crippen molar-refractivity contribution in [2.75, 3.05) is 0 Å². The van der Waals surface area contributed by atoms with Crippen molar-refractivity contribution in [3.05, 3.63) is 132 Å². The van der Waals surface area contributed by atoms with E-state index in [9.17, 15) is 0 Å². The molecule has 0 heteroatoms. The minimum atomic E-state index is 0.678. The fraction of sp³-hybridized carbons (Fsp3) is 0.211. The molecule has 0 heterocycles. The van der Waals surface area contributed by atoms with Crippen molar-refractivity contribution in [2.24, 2.45) is 0 Å². The molecule has 5 aromatic rings. The van der Waals surface area contributed by atoms with E-state index in [1.54, 1.807) is 0 Å². The van der Waals surface area contributed by atoms with E-state index in [0.29, 0.717) is 5.92 Å². The molecule has 0 bridgehead atoms. The van der Waals surface area contributed by atoms with Crippen LogP contribution in [-0.2, 0) is 0 Å². The summed E-state index contributed by atoms with van der Waals surface area (Å²) >= 11 is 0. The van der Waals surface area contributed by atoms with Gasteiger partial charge in [0.05, 0.1) is 0 Å². The Hall–Kier alpha value is -3.90. The van der Waals surface area contributed by atoms with Crippen molar-refractivity contribution in [1.82, 2.24) is 0 Å². The second-order valence-electron chi connectivity index (χ2n) is 10.3. The molecular formula is C38H38. The zero-order valence-electron chi connectivity index (χ0n) is 23.2. The van der Waals surface area contributed by atoms with Crippen LogP contribution in [0.3, 0.4) is 0 Å². The Labute approximate surface area is 229 Å². The van der Waals surface area contributed by atoms with Gasteiger partial charge in [-0.1, -0.05) is 141 Å². The average Bonchev–Trinajstić information content (AvgIpc) is 2.94. The van der Waals surface area contributed by atoms with Crippen LogP contribution in [0, 0.1) is 13.8 Å². The molecule has 0 nitrogen and oxygen atoms in total. The Balaban J connectivity index is 0.00000144. The molecule has 1 aliphatic carbocycles. The van der Waals surface area contributed by atoms with Crippen molar-refractivity contribution >= 4 is 0 Å². The van der Waals surface area contributed by atoms with Crippen LogP contribution >= 0.6 is 0 Å². The number of aryl methyl sites for hydroxylation is 2. The molecule has 1 fully saturated rings. The molecule has 1 aliphatic rings. The highest BCUT2D eigenvalue weighted by Crippen LogP contribution is 2.44. The highest BCUT2D eigenvalue weighted by atomic mass is 14.3. The summed E-state index contributed by atoms with van der Waals surface area (Å²) in [6, 6.07) is 42.6. The topological polar surface area (TPSA) is 0 Å². The summed E-state index contributed by atoms with van der Waals surface area (Å²) in [6.45, 7) is 8.39. The second kappa shape index (κ2) is 11.7. The maximum Gasteiger partial charge on any atom is -0.0146 e. The SMILES string of the molecule is CC.Cc1ccc(-c2ccc(-c3ccc(-c4ccc(-c5ccccc5)cc4C4CCC4)c(C)c3)cc2)cc1. The summed E-state index contributed by atoms with van der Waals surface area (Å²) in [5.41, 5.74) is 14.6. The molecule has 5 aromatic carbocycles. The molecule has 0 aliphatic heterocycles. The number of benzene rings is 5. The van der Waals surface area contributed by atoms with Gasteiger partial charge in [-0.05, 0) is 88.2 Å². The van der Waals surface area contributed by atoms with Crippen LogP contribution in [-0.4, -0.2) is 0 Å². The smallest absolute Gasteiger partial charge is 0.0146 e. The Bertz CT molecular complexity index is 1490. The summed E-state index contributed by atoms with van der Waals surface area (Å²) in [5, 5.41) is 0. The van der Waals surface area contributed by atoms with Gasteiger partial charge in [-0.25, -0.2) is 0 Å². The Morgan fingerprint density at radius 3 is 1.50 bits per heavy atom. The van der Waals surface area contributed by atoms with Crippen molar-refractivity contribution < 1.29 is 0 Å². The molecule has 0 radical (unpaired) electrons. The summed E-state index contributed by atoms with van der Waals surface area (Å²) in [5.74, 6) is 0.678. The quantitative estimate of drug-likeness (QED) is 0.228. The van der Waals surface area contributed by atoms with E-state index in [0.717, 1.165) is 0 Å². The lowest BCUT2D eigenvalue weighted by Crippen LogP contribution is -2.10. The molecule has 1 saturated carbocycles. The largest absolute Gasteiger partial charge is 0.0683 e. The van der Waals surface area contributed by atoms with E-state index >= 15 is 0 Å². The van der Waals surface area contributed by atoms with Gasteiger partial charge in [-0.3, -0.25) is 0 Å². The van der Waals surface area contributed by atoms with E-state index < -0.39 is 0 Å². The minimum absolute atomic E-state index is 0.678. The first-order valence-corrected chi connectivity index (χ1v) is 14.1. The Morgan fingerprint density at radius 2 is 0.947 bits per heavy atom. The Morgan fingerprint density at radius 1 is 0.474 bits per heavy atom. The predicted octanol–water partition coefficient (Wildman–Crippen LogP) is 11.3. The molecule has 190 valence electrons. The highest BCUT2D eigenvalue weighted by molar-refractivity contribution is 5.79. The molecule has 0 unspecified atom stereocenters. The van der Waals surface area contributed by atoms with E-state index in [1.807, 2.05) is 13.8 Å². The zero-order valence-corrected chi connectivity index (χ0v) is 23.2. The van der Waals surface area contributed by atoms with E-state index in [2.05, 4.69) is 129 Å². The molecule has 0 saturated heterocycles. The van der Waals surface area contributed by atoms with Crippen LogP contribution in [0.15, 0.2) is 115 Å². The van der Waals surface area contributed by atoms with Gasteiger partial charge >= 0.3 is 0 Å². The van der Waals surface area contributed by atoms with Gasteiger partial charge in [0.25, 0.3) is 0 Å². The summed E-state index contributed by atoms with van der Waals surface area (Å²) in [4.78, 5) is 0. The Kier molecular flexibility index (Phi) is 7.89. The van der Waals surface area contributed by atoms with Gasteiger partial charge in [-0.2, -0.15) is 0 Å². The highest BCUT2D eigenvalue weighted by Gasteiger charge is 2.24.